The molecule has 19 heavy (non-hydrogen) atoms. The second-order valence-electron chi connectivity index (χ2n) is 4.98. The molecule has 5 heteroatoms. The summed E-state index contributed by atoms with van der Waals surface area (Å²) in [6, 6.07) is 4.25. The molecule has 3 heterocycles. The van der Waals surface area contributed by atoms with Crippen molar-refractivity contribution < 1.29 is 5.11 Å². The molecule has 0 radical (unpaired) electrons. The van der Waals surface area contributed by atoms with Crippen LogP contribution in [0.3, 0.4) is 0 Å². The number of nitrogens with one attached hydrogen (secondary N) is 1. The number of fused-ring (bicyclic) bond motifs is 1. The van der Waals surface area contributed by atoms with E-state index >= 15 is 0 Å². The Morgan fingerprint density at radius 2 is 2.42 bits per heavy atom. The molecule has 1 aliphatic rings. The van der Waals surface area contributed by atoms with E-state index < -0.39 is 0 Å². The van der Waals surface area contributed by atoms with Crippen LogP contribution in [0.15, 0.2) is 22.9 Å². The predicted molar refractivity (Wildman–Crippen MR) is 76.2 cm³/mol. The van der Waals surface area contributed by atoms with E-state index in [2.05, 4.69) is 32.6 Å². The van der Waals surface area contributed by atoms with Crippen LogP contribution in [-0.4, -0.2) is 21.5 Å². The molecular formula is C14H19N3OS. The van der Waals surface area contributed by atoms with Crippen LogP contribution < -0.4 is 5.32 Å². The topological polar surface area (TPSA) is 50.1 Å². The Balaban J connectivity index is 1.63. The standard InChI is InChI=1S/C14H19N3OS/c18-9-14(11-4-6-19-10-11)15-8-12-7-13-3-1-2-5-17(13)16-12/h4,6-7,10,14-15,18H,1-3,5,8-9H2. The second kappa shape index (κ2) is 5.86. The maximum atomic E-state index is 9.45. The van der Waals surface area contributed by atoms with E-state index in [0.717, 1.165) is 24.2 Å². The zero-order valence-electron chi connectivity index (χ0n) is 10.9. The summed E-state index contributed by atoms with van der Waals surface area (Å²) < 4.78 is 2.12. The van der Waals surface area contributed by atoms with Crippen LogP contribution in [0.5, 0.6) is 0 Å². The predicted octanol–water partition coefficient (Wildman–Crippen LogP) is 2.10. The van der Waals surface area contributed by atoms with Crippen molar-refractivity contribution in [1.29, 1.82) is 0 Å². The molecule has 0 bridgehead atoms. The summed E-state index contributed by atoms with van der Waals surface area (Å²) in [4.78, 5) is 0. The Labute approximate surface area is 117 Å². The highest BCUT2D eigenvalue weighted by Gasteiger charge is 2.14. The van der Waals surface area contributed by atoms with Crippen molar-refractivity contribution in [2.24, 2.45) is 0 Å². The third kappa shape index (κ3) is 2.88. The number of hydrogen-bond acceptors (Lipinski definition) is 4. The fraction of sp³-hybridized carbons (Fsp3) is 0.500. The van der Waals surface area contributed by atoms with Gasteiger partial charge in [-0.05, 0) is 47.7 Å². The first-order valence-electron chi connectivity index (χ1n) is 6.79. The summed E-state index contributed by atoms with van der Waals surface area (Å²) in [5.74, 6) is 0. The van der Waals surface area contributed by atoms with E-state index in [4.69, 9.17) is 0 Å². The number of thiophene rings is 1. The van der Waals surface area contributed by atoms with E-state index in [1.54, 1.807) is 11.3 Å². The maximum absolute atomic E-state index is 9.45. The van der Waals surface area contributed by atoms with Crippen molar-refractivity contribution >= 4 is 11.3 Å². The van der Waals surface area contributed by atoms with Crippen molar-refractivity contribution in [3.05, 3.63) is 39.8 Å². The largest absolute Gasteiger partial charge is 0.394 e. The lowest BCUT2D eigenvalue weighted by Gasteiger charge is -2.14. The Kier molecular flexibility index (Phi) is 3.96. The van der Waals surface area contributed by atoms with Crippen LogP contribution in [0.1, 0.15) is 35.8 Å². The van der Waals surface area contributed by atoms with Crippen LogP contribution in [0.4, 0.5) is 0 Å². The SMILES string of the molecule is OCC(NCc1cc2n(n1)CCCC2)c1ccsc1. The number of nitrogens with zero attached hydrogens (tertiary/aromatic N) is 2. The Morgan fingerprint density at radius 3 is 3.16 bits per heavy atom. The summed E-state index contributed by atoms with van der Waals surface area (Å²) in [6.07, 6.45) is 3.64. The molecule has 0 saturated carbocycles. The minimum atomic E-state index is 0.00461. The normalized spacial score (nSPS) is 16.3. The molecule has 0 aromatic carbocycles. The molecular weight excluding hydrogens is 258 g/mol. The number of hydrogen-bond donors (Lipinski definition) is 2. The zero-order chi connectivity index (χ0) is 13.1. The first-order chi connectivity index (χ1) is 9.36. The number of aliphatic hydroxyl groups is 1. The minimum Gasteiger partial charge on any atom is -0.394 e. The maximum Gasteiger partial charge on any atom is 0.0765 e. The fourth-order valence-corrected chi connectivity index (χ4v) is 3.27. The van der Waals surface area contributed by atoms with E-state index in [-0.39, 0.29) is 12.6 Å². The van der Waals surface area contributed by atoms with Crippen molar-refractivity contribution in [1.82, 2.24) is 15.1 Å². The van der Waals surface area contributed by atoms with Gasteiger partial charge in [0.25, 0.3) is 0 Å². The molecule has 2 aromatic rings. The number of rotatable bonds is 5. The summed E-state index contributed by atoms with van der Waals surface area (Å²) in [6.45, 7) is 1.87. The van der Waals surface area contributed by atoms with Gasteiger partial charge in [0.1, 0.15) is 0 Å². The van der Waals surface area contributed by atoms with Gasteiger partial charge in [-0.1, -0.05) is 0 Å². The van der Waals surface area contributed by atoms with E-state index in [1.165, 1.54) is 18.5 Å². The molecule has 1 atom stereocenters. The van der Waals surface area contributed by atoms with E-state index in [1.807, 2.05) is 5.38 Å². The number of aromatic nitrogens is 2. The smallest absolute Gasteiger partial charge is 0.0765 e. The summed E-state index contributed by atoms with van der Waals surface area (Å²) >= 11 is 1.66. The molecule has 1 unspecified atom stereocenters. The lowest BCUT2D eigenvalue weighted by molar-refractivity contribution is 0.243. The van der Waals surface area contributed by atoms with Gasteiger partial charge in [0.2, 0.25) is 0 Å². The molecule has 2 N–H and O–H groups in total. The first kappa shape index (κ1) is 12.8. The fourth-order valence-electron chi connectivity index (χ4n) is 2.55. The molecule has 3 rings (SSSR count). The number of aryl methyl sites for hydroxylation is 2. The first-order valence-corrected chi connectivity index (χ1v) is 7.73. The summed E-state index contributed by atoms with van der Waals surface area (Å²) in [5, 5.41) is 21.6. The highest BCUT2D eigenvalue weighted by Crippen LogP contribution is 2.18. The zero-order valence-corrected chi connectivity index (χ0v) is 11.7. The monoisotopic (exact) mass is 277 g/mol. The summed E-state index contributed by atoms with van der Waals surface area (Å²) in [7, 11) is 0. The van der Waals surface area contributed by atoms with Crippen LogP contribution in [-0.2, 0) is 19.5 Å². The van der Waals surface area contributed by atoms with Gasteiger partial charge < -0.3 is 10.4 Å². The van der Waals surface area contributed by atoms with Gasteiger partial charge >= 0.3 is 0 Å². The van der Waals surface area contributed by atoms with Gasteiger partial charge in [-0.2, -0.15) is 16.4 Å². The van der Waals surface area contributed by atoms with E-state index in [9.17, 15) is 5.11 Å². The van der Waals surface area contributed by atoms with Crippen LogP contribution in [0.2, 0.25) is 0 Å². The van der Waals surface area contributed by atoms with Crippen LogP contribution in [0.25, 0.3) is 0 Å². The Hall–Kier alpha value is -1.17. The van der Waals surface area contributed by atoms with Crippen molar-refractivity contribution in [3.63, 3.8) is 0 Å². The molecule has 0 fully saturated rings. The van der Waals surface area contributed by atoms with Crippen molar-refractivity contribution in [3.8, 4) is 0 Å². The lowest BCUT2D eigenvalue weighted by atomic mass is 10.1. The molecule has 0 amide bonds. The second-order valence-corrected chi connectivity index (χ2v) is 5.76. The van der Waals surface area contributed by atoms with Crippen LogP contribution in [0, 0.1) is 0 Å². The van der Waals surface area contributed by atoms with Gasteiger partial charge in [-0.3, -0.25) is 4.68 Å². The molecule has 4 nitrogen and oxygen atoms in total. The average molecular weight is 277 g/mol. The molecule has 0 saturated heterocycles. The van der Waals surface area contributed by atoms with Crippen LogP contribution >= 0.6 is 11.3 Å². The molecule has 0 aliphatic carbocycles. The van der Waals surface area contributed by atoms with E-state index in [0.29, 0.717) is 6.54 Å². The van der Waals surface area contributed by atoms with Gasteiger partial charge in [0, 0.05) is 18.8 Å². The van der Waals surface area contributed by atoms with Gasteiger partial charge in [0.15, 0.2) is 0 Å². The van der Waals surface area contributed by atoms with Gasteiger partial charge in [0.05, 0.1) is 18.3 Å². The van der Waals surface area contributed by atoms with Gasteiger partial charge in [-0.25, -0.2) is 0 Å². The Bertz CT molecular complexity index is 497. The quantitative estimate of drug-likeness (QED) is 0.880. The lowest BCUT2D eigenvalue weighted by Crippen LogP contribution is -2.23. The molecule has 1 aliphatic heterocycles. The number of aliphatic hydroxyl groups excluding tert-OH is 1. The highest BCUT2D eigenvalue weighted by molar-refractivity contribution is 7.07. The van der Waals surface area contributed by atoms with Crippen molar-refractivity contribution in [2.45, 2.75) is 38.4 Å². The summed E-state index contributed by atoms with van der Waals surface area (Å²) in [5.41, 5.74) is 3.57. The molecule has 2 aromatic heterocycles. The highest BCUT2D eigenvalue weighted by atomic mass is 32.1. The molecule has 0 spiro atoms. The Morgan fingerprint density at radius 1 is 1.47 bits per heavy atom. The average Bonchev–Trinajstić information content (AvgIpc) is 3.08. The minimum absolute atomic E-state index is 0.00461. The van der Waals surface area contributed by atoms with Gasteiger partial charge in [-0.15, -0.1) is 0 Å². The molecule has 102 valence electrons. The van der Waals surface area contributed by atoms with Crippen molar-refractivity contribution in [2.75, 3.05) is 6.61 Å². The third-order valence-electron chi connectivity index (χ3n) is 3.62. The third-order valence-corrected chi connectivity index (χ3v) is 4.33.